The molecule has 4 aliphatic carbocycles. The molecule has 4 aliphatic rings. The topological polar surface area (TPSA) is 55.1 Å². The highest BCUT2D eigenvalue weighted by molar-refractivity contribution is 5.82. The van der Waals surface area contributed by atoms with Crippen molar-refractivity contribution in [1.82, 2.24) is 5.32 Å². The van der Waals surface area contributed by atoms with E-state index in [9.17, 15) is 4.79 Å². The van der Waals surface area contributed by atoms with Crippen molar-refractivity contribution < 1.29 is 4.79 Å². The van der Waals surface area contributed by atoms with Crippen LogP contribution in [0.25, 0.3) is 0 Å². The first-order valence-corrected chi connectivity index (χ1v) is 8.80. The van der Waals surface area contributed by atoms with Crippen molar-refractivity contribution in [3.63, 3.8) is 0 Å². The molecular formula is C17H28N2O. The van der Waals surface area contributed by atoms with E-state index in [0.717, 1.165) is 24.7 Å². The predicted octanol–water partition coefficient (Wildman–Crippen LogP) is 2.44. The third kappa shape index (κ3) is 2.18. The minimum absolute atomic E-state index is 0.369. The van der Waals surface area contributed by atoms with Crippen molar-refractivity contribution in [2.45, 2.75) is 69.9 Å². The summed E-state index contributed by atoms with van der Waals surface area (Å²) in [6.45, 7) is 0. The van der Waals surface area contributed by atoms with Crippen LogP contribution in [0, 0.1) is 29.6 Å². The quantitative estimate of drug-likeness (QED) is 0.814. The van der Waals surface area contributed by atoms with Gasteiger partial charge in [0.25, 0.3) is 0 Å². The van der Waals surface area contributed by atoms with Crippen LogP contribution in [0.5, 0.6) is 0 Å². The minimum atomic E-state index is 0.369. The van der Waals surface area contributed by atoms with Crippen LogP contribution in [0.2, 0.25) is 0 Å². The number of carbonyl (C=O) groups excluding carboxylic acids is 1. The van der Waals surface area contributed by atoms with Crippen LogP contribution in [0.4, 0.5) is 0 Å². The zero-order valence-electron chi connectivity index (χ0n) is 12.4. The molecule has 0 radical (unpaired) electrons. The summed E-state index contributed by atoms with van der Waals surface area (Å²) in [5, 5.41) is 3.47. The second kappa shape index (κ2) is 5.01. The summed E-state index contributed by atoms with van der Waals surface area (Å²) < 4.78 is 0. The highest BCUT2D eigenvalue weighted by atomic mass is 16.2. The number of carbonyl (C=O) groups is 1. The van der Waals surface area contributed by atoms with E-state index in [2.05, 4.69) is 5.32 Å². The molecule has 0 saturated heterocycles. The molecule has 0 aromatic rings. The van der Waals surface area contributed by atoms with Crippen molar-refractivity contribution in [3.8, 4) is 0 Å². The Morgan fingerprint density at radius 2 is 1.50 bits per heavy atom. The average molecular weight is 276 g/mol. The third-order valence-electron chi connectivity index (χ3n) is 6.64. The van der Waals surface area contributed by atoms with Crippen LogP contribution in [0.3, 0.4) is 0 Å². The van der Waals surface area contributed by atoms with Gasteiger partial charge in [-0.1, -0.05) is 19.3 Å². The molecule has 0 aromatic carbocycles. The number of nitrogens with one attached hydrogen (secondary N) is 1. The summed E-state index contributed by atoms with van der Waals surface area (Å²) in [7, 11) is 0. The molecule has 2 bridgehead atoms. The van der Waals surface area contributed by atoms with E-state index in [1.807, 2.05) is 0 Å². The summed E-state index contributed by atoms with van der Waals surface area (Å²) in [6, 6.07) is 0.820. The number of nitrogens with two attached hydrogens (primary N) is 1. The molecule has 4 fully saturated rings. The molecule has 0 aromatic heterocycles. The Kier molecular flexibility index (Phi) is 3.29. The summed E-state index contributed by atoms with van der Waals surface area (Å²) >= 11 is 0. The van der Waals surface area contributed by atoms with Crippen molar-refractivity contribution in [2.24, 2.45) is 35.3 Å². The molecule has 4 unspecified atom stereocenters. The first-order chi connectivity index (χ1) is 9.74. The lowest BCUT2D eigenvalue weighted by Crippen LogP contribution is -2.54. The van der Waals surface area contributed by atoms with Gasteiger partial charge in [-0.05, 0) is 62.2 Å². The zero-order chi connectivity index (χ0) is 13.7. The van der Waals surface area contributed by atoms with Crippen molar-refractivity contribution in [2.75, 3.05) is 0 Å². The molecule has 4 atom stereocenters. The van der Waals surface area contributed by atoms with Crippen LogP contribution in [-0.4, -0.2) is 18.0 Å². The SMILES string of the molecule is NC1CC2CCCC(C1)C2NC(=O)C1C2CCCCC21. The highest BCUT2D eigenvalue weighted by Gasteiger charge is 2.55. The molecule has 4 saturated carbocycles. The van der Waals surface area contributed by atoms with Gasteiger partial charge in [0.15, 0.2) is 0 Å². The van der Waals surface area contributed by atoms with Gasteiger partial charge in [-0.2, -0.15) is 0 Å². The largest absolute Gasteiger partial charge is 0.353 e. The maximum Gasteiger partial charge on any atom is 0.223 e. The van der Waals surface area contributed by atoms with Crippen molar-refractivity contribution in [3.05, 3.63) is 0 Å². The summed E-state index contributed by atoms with van der Waals surface area (Å²) in [6.07, 6.45) is 11.4. The lowest BCUT2D eigenvalue weighted by Gasteiger charge is -2.45. The monoisotopic (exact) mass is 276 g/mol. The Morgan fingerprint density at radius 3 is 2.10 bits per heavy atom. The molecule has 0 heterocycles. The fourth-order valence-corrected chi connectivity index (χ4v) is 5.67. The van der Waals surface area contributed by atoms with Gasteiger partial charge in [0.2, 0.25) is 5.91 Å². The molecule has 3 nitrogen and oxygen atoms in total. The van der Waals surface area contributed by atoms with Crippen molar-refractivity contribution >= 4 is 5.91 Å². The number of rotatable bonds is 2. The molecule has 3 N–H and O–H groups in total. The van der Waals surface area contributed by atoms with Crippen LogP contribution >= 0.6 is 0 Å². The second-order valence-corrected chi connectivity index (χ2v) is 7.85. The number of hydrogen-bond donors (Lipinski definition) is 2. The normalized spacial score (nSPS) is 50.1. The lowest BCUT2D eigenvalue weighted by molar-refractivity contribution is -0.125. The first kappa shape index (κ1) is 13.1. The molecule has 0 aliphatic heterocycles. The summed E-state index contributed by atoms with van der Waals surface area (Å²) in [5.41, 5.74) is 6.17. The van der Waals surface area contributed by atoms with Gasteiger partial charge in [0, 0.05) is 18.0 Å². The highest BCUT2D eigenvalue weighted by Crippen LogP contribution is 2.55. The maximum absolute atomic E-state index is 12.6. The van der Waals surface area contributed by atoms with E-state index in [1.54, 1.807) is 0 Å². The van der Waals surface area contributed by atoms with Crippen LogP contribution in [-0.2, 0) is 4.79 Å². The van der Waals surface area contributed by atoms with E-state index < -0.39 is 0 Å². The van der Waals surface area contributed by atoms with E-state index in [0.29, 0.717) is 35.7 Å². The second-order valence-electron chi connectivity index (χ2n) is 7.85. The Labute approximate surface area is 122 Å². The first-order valence-electron chi connectivity index (χ1n) is 8.80. The number of fused-ring (bicyclic) bond motifs is 3. The van der Waals surface area contributed by atoms with Gasteiger partial charge in [-0.3, -0.25) is 4.79 Å². The molecule has 4 rings (SSSR count). The van der Waals surface area contributed by atoms with E-state index in [4.69, 9.17) is 5.73 Å². The predicted molar refractivity (Wildman–Crippen MR) is 78.9 cm³/mol. The Bertz CT molecular complexity index is 370. The third-order valence-corrected chi connectivity index (χ3v) is 6.64. The lowest BCUT2D eigenvalue weighted by atomic mass is 9.67. The van der Waals surface area contributed by atoms with E-state index in [-0.39, 0.29) is 0 Å². The smallest absolute Gasteiger partial charge is 0.223 e. The van der Waals surface area contributed by atoms with Crippen LogP contribution in [0.1, 0.15) is 57.8 Å². The fraction of sp³-hybridized carbons (Fsp3) is 0.941. The maximum atomic E-state index is 12.6. The zero-order valence-corrected chi connectivity index (χ0v) is 12.4. The number of amides is 1. The number of hydrogen-bond acceptors (Lipinski definition) is 2. The molecule has 0 spiro atoms. The Morgan fingerprint density at radius 1 is 0.900 bits per heavy atom. The summed E-state index contributed by atoms with van der Waals surface area (Å²) in [4.78, 5) is 12.6. The molecule has 112 valence electrons. The van der Waals surface area contributed by atoms with Gasteiger partial charge in [0.05, 0.1) is 0 Å². The summed E-state index contributed by atoms with van der Waals surface area (Å²) in [5.74, 6) is 3.53. The molecular weight excluding hydrogens is 248 g/mol. The van der Waals surface area contributed by atoms with E-state index in [1.165, 1.54) is 44.9 Å². The van der Waals surface area contributed by atoms with Crippen molar-refractivity contribution in [1.29, 1.82) is 0 Å². The van der Waals surface area contributed by atoms with Gasteiger partial charge in [0.1, 0.15) is 0 Å². The Hall–Kier alpha value is -0.570. The van der Waals surface area contributed by atoms with Crippen LogP contribution < -0.4 is 11.1 Å². The minimum Gasteiger partial charge on any atom is -0.353 e. The Balaban J connectivity index is 1.40. The van der Waals surface area contributed by atoms with Gasteiger partial charge in [-0.25, -0.2) is 0 Å². The van der Waals surface area contributed by atoms with Gasteiger partial charge < -0.3 is 11.1 Å². The standard InChI is InChI=1S/C17H28N2O/c18-12-8-10-4-3-5-11(9-12)16(10)19-17(20)15-13-6-1-2-7-14(13)15/h10-16H,1-9,18H2,(H,19,20). The van der Waals surface area contributed by atoms with E-state index >= 15 is 0 Å². The average Bonchev–Trinajstić information content (AvgIpc) is 3.14. The van der Waals surface area contributed by atoms with Gasteiger partial charge >= 0.3 is 0 Å². The molecule has 20 heavy (non-hydrogen) atoms. The fourth-order valence-electron chi connectivity index (χ4n) is 5.67. The molecule has 3 heteroatoms. The van der Waals surface area contributed by atoms with Crippen LogP contribution in [0.15, 0.2) is 0 Å². The van der Waals surface area contributed by atoms with Gasteiger partial charge in [-0.15, -0.1) is 0 Å². The molecule has 1 amide bonds.